The van der Waals surface area contributed by atoms with Crippen LogP contribution in [-0.4, -0.2) is 42.0 Å². The Hall–Kier alpha value is -1.63. The number of aliphatic carboxylic acids is 1. The van der Waals surface area contributed by atoms with Crippen molar-refractivity contribution in [3.05, 3.63) is 0 Å². The first-order chi connectivity index (χ1) is 7.45. The lowest BCUT2D eigenvalue weighted by Crippen LogP contribution is -2.40. The van der Waals surface area contributed by atoms with Crippen molar-refractivity contribution in [2.75, 3.05) is 13.1 Å². The molecule has 0 aromatic heterocycles. The molecule has 0 rings (SSSR count). The molecule has 0 aliphatic rings. The van der Waals surface area contributed by atoms with Crippen molar-refractivity contribution in [3.63, 3.8) is 0 Å². The van der Waals surface area contributed by atoms with Gasteiger partial charge >= 0.3 is 5.97 Å². The van der Waals surface area contributed by atoms with Crippen LogP contribution >= 0.6 is 0 Å². The van der Waals surface area contributed by atoms with Gasteiger partial charge in [0, 0.05) is 12.5 Å². The number of carboxylic acids is 1. The van der Waals surface area contributed by atoms with E-state index in [9.17, 15) is 14.4 Å². The van der Waals surface area contributed by atoms with E-state index in [0.29, 0.717) is 6.42 Å². The van der Waals surface area contributed by atoms with E-state index in [0.717, 1.165) is 0 Å². The van der Waals surface area contributed by atoms with Crippen molar-refractivity contribution in [1.29, 1.82) is 0 Å². The molecule has 0 radical (unpaired) electrons. The Morgan fingerprint density at radius 2 is 1.75 bits per heavy atom. The minimum atomic E-state index is -1.13. The van der Waals surface area contributed by atoms with Crippen molar-refractivity contribution in [2.24, 2.45) is 5.73 Å². The van der Waals surface area contributed by atoms with E-state index in [2.05, 4.69) is 10.6 Å². The number of hydrogen-bond acceptors (Lipinski definition) is 4. The van der Waals surface area contributed by atoms with Crippen LogP contribution < -0.4 is 16.4 Å². The van der Waals surface area contributed by atoms with Gasteiger partial charge in [0.05, 0.1) is 6.54 Å². The lowest BCUT2D eigenvalue weighted by Gasteiger charge is -2.08. The van der Waals surface area contributed by atoms with Crippen LogP contribution in [0.4, 0.5) is 0 Å². The Kier molecular flexibility index (Phi) is 6.86. The molecule has 0 saturated carbocycles. The zero-order valence-corrected chi connectivity index (χ0v) is 9.16. The number of nitrogens with two attached hydrogens (primary N) is 1. The Bertz CT molecular complexity index is 267. The van der Waals surface area contributed by atoms with E-state index in [1.807, 2.05) is 6.92 Å². The zero-order chi connectivity index (χ0) is 12.6. The molecule has 92 valence electrons. The third-order valence-electron chi connectivity index (χ3n) is 1.85. The van der Waals surface area contributed by atoms with Crippen LogP contribution in [0.3, 0.4) is 0 Å². The Labute approximate surface area is 93.4 Å². The zero-order valence-electron chi connectivity index (χ0n) is 9.16. The van der Waals surface area contributed by atoms with Crippen LogP contribution in [0.15, 0.2) is 0 Å². The van der Waals surface area contributed by atoms with Gasteiger partial charge in [0.1, 0.15) is 6.54 Å². The second-order valence-corrected chi connectivity index (χ2v) is 3.32. The van der Waals surface area contributed by atoms with Gasteiger partial charge in [0.2, 0.25) is 11.8 Å². The summed E-state index contributed by atoms with van der Waals surface area (Å²) in [5.74, 6) is -1.99. The van der Waals surface area contributed by atoms with E-state index < -0.39 is 18.4 Å². The summed E-state index contributed by atoms with van der Waals surface area (Å²) in [4.78, 5) is 32.3. The van der Waals surface area contributed by atoms with E-state index in [4.69, 9.17) is 10.8 Å². The van der Waals surface area contributed by atoms with Gasteiger partial charge < -0.3 is 21.5 Å². The van der Waals surface area contributed by atoms with Crippen LogP contribution in [0, 0.1) is 0 Å². The molecule has 5 N–H and O–H groups in total. The molecule has 1 unspecified atom stereocenters. The fourth-order valence-corrected chi connectivity index (χ4v) is 0.870. The fraction of sp³-hybridized carbons (Fsp3) is 0.667. The summed E-state index contributed by atoms with van der Waals surface area (Å²) in [6.07, 6.45) is 0.835. The topological polar surface area (TPSA) is 122 Å². The molecule has 16 heavy (non-hydrogen) atoms. The molecular formula is C9H17N3O4. The first-order valence-corrected chi connectivity index (χ1v) is 4.96. The summed E-state index contributed by atoms with van der Waals surface area (Å²) >= 11 is 0. The average molecular weight is 231 g/mol. The van der Waals surface area contributed by atoms with Gasteiger partial charge in [-0.3, -0.25) is 14.4 Å². The lowest BCUT2D eigenvalue weighted by molar-refractivity contribution is -0.137. The molecule has 7 nitrogen and oxygen atoms in total. The van der Waals surface area contributed by atoms with Crippen molar-refractivity contribution in [3.8, 4) is 0 Å². The first-order valence-electron chi connectivity index (χ1n) is 4.96. The second-order valence-electron chi connectivity index (χ2n) is 3.32. The maximum atomic E-state index is 11.2. The Morgan fingerprint density at radius 3 is 2.25 bits per heavy atom. The number of carbonyl (C=O) groups excluding carboxylic acids is 2. The van der Waals surface area contributed by atoms with Crippen LogP contribution in [0.25, 0.3) is 0 Å². The van der Waals surface area contributed by atoms with Gasteiger partial charge in [-0.1, -0.05) is 6.92 Å². The summed E-state index contributed by atoms with van der Waals surface area (Å²) < 4.78 is 0. The van der Waals surface area contributed by atoms with Crippen LogP contribution in [0.1, 0.15) is 19.8 Å². The molecule has 0 aromatic rings. The third kappa shape index (κ3) is 7.74. The van der Waals surface area contributed by atoms with Gasteiger partial charge in [-0.2, -0.15) is 0 Å². The third-order valence-corrected chi connectivity index (χ3v) is 1.85. The summed E-state index contributed by atoms with van der Waals surface area (Å²) in [5.41, 5.74) is 5.54. The summed E-state index contributed by atoms with van der Waals surface area (Å²) in [6, 6.07) is -0.220. The van der Waals surface area contributed by atoms with E-state index >= 15 is 0 Å². The number of rotatable bonds is 7. The monoisotopic (exact) mass is 231 g/mol. The predicted molar refractivity (Wildman–Crippen MR) is 56.5 cm³/mol. The quantitative estimate of drug-likeness (QED) is 0.422. The van der Waals surface area contributed by atoms with Crippen LogP contribution in [0.2, 0.25) is 0 Å². The van der Waals surface area contributed by atoms with Crippen molar-refractivity contribution >= 4 is 17.8 Å². The normalized spacial score (nSPS) is 11.6. The predicted octanol–water partition coefficient (Wildman–Crippen LogP) is -1.57. The van der Waals surface area contributed by atoms with Gasteiger partial charge in [-0.25, -0.2) is 0 Å². The van der Waals surface area contributed by atoms with Gasteiger partial charge in [0.25, 0.3) is 0 Å². The van der Waals surface area contributed by atoms with Gasteiger partial charge in [-0.05, 0) is 6.42 Å². The van der Waals surface area contributed by atoms with E-state index in [-0.39, 0.29) is 24.9 Å². The second kappa shape index (κ2) is 7.63. The average Bonchev–Trinajstić information content (AvgIpc) is 2.23. The molecule has 2 amide bonds. The number of amides is 2. The molecule has 0 saturated heterocycles. The number of hydrogen-bond donors (Lipinski definition) is 4. The van der Waals surface area contributed by atoms with E-state index in [1.165, 1.54) is 0 Å². The van der Waals surface area contributed by atoms with Gasteiger partial charge in [-0.15, -0.1) is 0 Å². The molecule has 0 heterocycles. The molecule has 0 aliphatic heterocycles. The molecule has 1 atom stereocenters. The van der Waals surface area contributed by atoms with Crippen molar-refractivity contribution in [2.45, 2.75) is 25.8 Å². The summed E-state index contributed by atoms with van der Waals surface area (Å²) in [5, 5.41) is 12.7. The lowest BCUT2D eigenvalue weighted by atomic mass is 10.1. The van der Waals surface area contributed by atoms with E-state index in [1.54, 1.807) is 0 Å². The Balaban J connectivity index is 3.67. The largest absolute Gasteiger partial charge is 0.480 e. The minimum absolute atomic E-state index is 0.155. The summed E-state index contributed by atoms with van der Waals surface area (Å²) in [6.45, 7) is 1.17. The van der Waals surface area contributed by atoms with Crippen molar-refractivity contribution in [1.82, 2.24) is 10.6 Å². The molecule has 7 heteroatoms. The maximum absolute atomic E-state index is 11.2. The summed E-state index contributed by atoms with van der Waals surface area (Å²) in [7, 11) is 0. The fourth-order valence-electron chi connectivity index (χ4n) is 0.870. The highest BCUT2D eigenvalue weighted by molar-refractivity contribution is 5.86. The number of carboxylic acid groups (broad SMARTS) is 1. The minimum Gasteiger partial charge on any atom is -0.480 e. The standard InChI is InChI=1S/C9H17N3O4/c1-2-6(10)3-7(13)11-4-8(14)12-5-9(15)16/h6H,2-5,10H2,1H3,(H,11,13)(H,12,14)(H,15,16). The SMILES string of the molecule is CCC(N)CC(=O)NCC(=O)NCC(=O)O. The highest BCUT2D eigenvalue weighted by Gasteiger charge is 2.09. The molecule has 0 aliphatic carbocycles. The smallest absolute Gasteiger partial charge is 0.322 e. The van der Waals surface area contributed by atoms with Crippen LogP contribution in [0.5, 0.6) is 0 Å². The van der Waals surface area contributed by atoms with Gasteiger partial charge in [0.15, 0.2) is 0 Å². The van der Waals surface area contributed by atoms with Crippen molar-refractivity contribution < 1.29 is 19.5 Å². The molecule has 0 fully saturated rings. The maximum Gasteiger partial charge on any atom is 0.322 e. The molecule has 0 aromatic carbocycles. The molecule has 0 spiro atoms. The first kappa shape index (κ1) is 14.4. The highest BCUT2D eigenvalue weighted by Crippen LogP contribution is 1.92. The molecular weight excluding hydrogens is 214 g/mol. The van der Waals surface area contributed by atoms with Crippen LogP contribution in [-0.2, 0) is 14.4 Å². The Morgan fingerprint density at radius 1 is 1.19 bits per heavy atom. The number of nitrogens with one attached hydrogen (secondary N) is 2. The number of carbonyl (C=O) groups is 3. The highest BCUT2D eigenvalue weighted by atomic mass is 16.4. The molecule has 0 bridgehead atoms.